The lowest BCUT2D eigenvalue weighted by molar-refractivity contribution is -0.116. The summed E-state index contributed by atoms with van der Waals surface area (Å²) < 4.78 is 31.3. The van der Waals surface area contributed by atoms with Gasteiger partial charge in [-0.25, -0.2) is 8.78 Å². The molecule has 0 bridgehead atoms. The SMILES string of the molecule is COc1cc(F)c(NC(=O)CC(C)N)cc1F. The third-order valence-corrected chi connectivity index (χ3v) is 2.02. The number of nitrogens with one attached hydrogen (secondary N) is 1. The van der Waals surface area contributed by atoms with Gasteiger partial charge in [-0.3, -0.25) is 4.79 Å². The molecule has 94 valence electrons. The van der Waals surface area contributed by atoms with Crippen molar-refractivity contribution in [1.82, 2.24) is 0 Å². The van der Waals surface area contributed by atoms with E-state index in [2.05, 4.69) is 10.1 Å². The normalized spacial score (nSPS) is 12.1. The molecule has 0 aliphatic heterocycles. The first kappa shape index (κ1) is 13.4. The first-order chi connectivity index (χ1) is 7.93. The highest BCUT2D eigenvalue weighted by molar-refractivity contribution is 5.91. The van der Waals surface area contributed by atoms with Gasteiger partial charge in [-0.2, -0.15) is 0 Å². The van der Waals surface area contributed by atoms with Crippen LogP contribution in [0.4, 0.5) is 14.5 Å². The summed E-state index contributed by atoms with van der Waals surface area (Å²) in [6, 6.07) is 1.39. The molecule has 0 saturated heterocycles. The summed E-state index contributed by atoms with van der Waals surface area (Å²) in [6.45, 7) is 1.64. The molecule has 4 nitrogen and oxygen atoms in total. The molecule has 1 aromatic rings. The monoisotopic (exact) mass is 244 g/mol. The Morgan fingerprint density at radius 1 is 1.47 bits per heavy atom. The van der Waals surface area contributed by atoms with Gasteiger partial charge in [-0.05, 0) is 6.92 Å². The largest absolute Gasteiger partial charge is 0.494 e. The van der Waals surface area contributed by atoms with Crippen molar-refractivity contribution in [3.63, 3.8) is 0 Å². The maximum atomic E-state index is 13.4. The summed E-state index contributed by atoms with van der Waals surface area (Å²) in [5.41, 5.74) is 5.18. The van der Waals surface area contributed by atoms with Crippen LogP contribution in [0.15, 0.2) is 12.1 Å². The first-order valence-electron chi connectivity index (χ1n) is 5.02. The second-order valence-electron chi connectivity index (χ2n) is 3.70. The minimum atomic E-state index is -0.763. The van der Waals surface area contributed by atoms with E-state index in [9.17, 15) is 13.6 Å². The van der Waals surface area contributed by atoms with E-state index in [1.54, 1.807) is 6.92 Å². The van der Waals surface area contributed by atoms with Gasteiger partial charge in [0.1, 0.15) is 0 Å². The molecule has 0 aliphatic carbocycles. The Balaban J connectivity index is 2.85. The molecule has 3 N–H and O–H groups in total. The molecule has 0 saturated carbocycles. The van der Waals surface area contributed by atoms with E-state index in [0.29, 0.717) is 0 Å². The number of benzene rings is 1. The number of halogens is 2. The lowest BCUT2D eigenvalue weighted by Crippen LogP contribution is -2.24. The van der Waals surface area contributed by atoms with Crippen molar-refractivity contribution in [2.45, 2.75) is 19.4 Å². The quantitative estimate of drug-likeness (QED) is 0.846. The summed E-state index contributed by atoms with van der Waals surface area (Å²) in [7, 11) is 1.23. The summed E-state index contributed by atoms with van der Waals surface area (Å²) in [5.74, 6) is -2.19. The number of amides is 1. The third-order valence-electron chi connectivity index (χ3n) is 2.02. The van der Waals surface area contributed by atoms with Crippen LogP contribution in [-0.4, -0.2) is 19.1 Å². The van der Waals surface area contributed by atoms with E-state index in [-0.39, 0.29) is 23.9 Å². The fourth-order valence-corrected chi connectivity index (χ4v) is 1.27. The molecule has 0 spiro atoms. The Morgan fingerprint density at radius 2 is 2.12 bits per heavy atom. The molecule has 0 aliphatic rings. The van der Waals surface area contributed by atoms with Gasteiger partial charge < -0.3 is 15.8 Å². The Bertz CT molecular complexity index is 422. The summed E-state index contributed by atoms with van der Waals surface area (Å²) in [5, 5.41) is 2.24. The molecule has 1 rings (SSSR count). The number of hydrogen-bond acceptors (Lipinski definition) is 3. The van der Waals surface area contributed by atoms with Gasteiger partial charge in [0.25, 0.3) is 0 Å². The average molecular weight is 244 g/mol. The number of carbonyl (C=O) groups excluding carboxylic acids is 1. The molecule has 1 atom stereocenters. The molecule has 6 heteroatoms. The molecule has 0 radical (unpaired) electrons. The first-order valence-corrected chi connectivity index (χ1v) is 5.02. The Labute approximate surface area is 97.8 Å². The van der Waals surface area contributed by atoms with E-state index in [1.807, 2.05) is 0 Å². The van der Waals surface area contributed by atoms with Crippen LogP contribution < -0.4 is 15.8 Å². The molecule has 1 amide bonds. The van der Waals surface area contributed by atoms with Crippen molar-refractivity contribution in [3.05, 3.63) is 23.8 Å². The van der Waals surface area contributed by atoms with Crippen molar-refractivity contribution in [3.8, 4) is 5.75 Å². The van der Waals surface area contributed by atoms with Gasteiger partial charge in [-0.1, -0.05) is 0 Å². The Morgan fingerprint density at radius 3 is 2.65 bits per heavy atom. The predicted molar refractivity (Wildman–Crippen MR) is 59.8 cm³/mol. The zero-order valence-corrected chi connectivity index (χ0v) is 9.59. The van der Waals surface area contributed by atoms with E-state index in [1.165, 1.54) is 7.11 Å². The molecule has 1 aromatic carbocycles. The fraction of sp³-hybridized carbons (Fsp3) is 0.364. The highest BCUT2D eigenvalue weighted by Gasteiger charge is 2.13. The maximum absolute atomic E-state index is 13.4. The van der Waals surface area contributed by atoms with E-state index in [4.69, 9.17) is 5.73 Å². The van der Waals surface area contributed by atoms with Crippen LogP contribution >= 0.6 is 0 Å². The molecular formula is C11H14F2N2O2. The number of rotatable bonds is 4. The summed E-state index contributed by atoms with van der Waals surface area (Å²) in [6.07, 6.45) is 0.0348. The highest BCUT2D eigenvalue weighted by atomic mass is 19.1. The third kappa shape index (κ3) is 3.67. The van der Waals surface area contributed by atoms with Crippen LogP contribution in [0.5, 0.6) is 5.75 Å². The van der Waals surface area contributed by atoms with Crippen molar-refractivity contribution >= 4 is 11.6 Å². The fourth-order valence-electron chi connectivity index (χ4n) is 1.27. The van der Waals surface area contributed by atoms with E-state index in [0.717, 1.165) is 12.1 Å². The van der Waals surface area contributed by atoms with Gasteiger partial charge in [0.2, 0.25) is 5.91 Å². The number of methoxy groups -OCH3 is 1. The van der Waals surface area contributed by atoms with Crippen LogP contribution in [0, 0.1) is 11.6 Å². The van der Waals surface area contributed by atoms with Gasteiger partial charge in [0.05, 0.1) is 12.8 Å². The predicted octanol–water partition coefficient (Wildman–Crippen LogP) is 1.65. The standard InChI is InChI=1S/C11H14F2N2O2/c1-6(14)3-11(16)15-9-4-8(13)10(17-2)5-7(9)12/h4-6H,3,14H2,1-2H3,(H,15,16). The second kappa shape index (κ2) is 5.58. The van der Waals surface area contributed by atoms with Gasteiger partial charge in [0.15, 0.2) is 17.4 Å². The number of nitrogens with two attached hydrogens (primary N) is 1. The number of ether oxygens (including phenoxy) is 1. The van der Waals surface area contributed by atoms with Gasteiger partial charge in [-0.15, -0.1) is 0 Å². The van der Waals surface area contributed by atoms with Crippen molar-refractivity contribution in [2.24, 2.45) is 5.73 Å². The smallest absolute Gasteiger partial charge is 0.225 e. The second-order valence-corrected chi connectivity index (χ2v) is 3.70. The zero-order chi connectivity index (χ0) is 13.0. The summed E-state index contributed by atoms with van der Waals surface area (Å²) >= 11 is 0. The maximum Gasteiger partial charge on any atom is 0.225 e. The zero-order valence-electron chi connectivity index (χ0n) is 9.59. The van der Waals surface area contributed by atoms with Gasteiger partial charge >= 0.3 is 0 Å². The molecule has 0 fully saturated rings. The van der Waals surface area contributed by atoms with Crippen LogP contribution in [0.25, 0.3) is 0 Å². The van der Waals surface area contributed by atoms with Crippen LogP contribution in [0.1, 0.15) is 13.3 Å². The van der Waals surface area contributed by atoms with Crippen molar-refractivity contribution < 1.29 is 18.3 Å². The Hall–Kier alpha value is -1.69. The van der Waals surface area contributed by atoms with Crippen LogP contribution in [0.2, 0.25) is 0 Å². The number of carbonyl (C=O) groups is 1. The van der Waals surface area contributed by atoms with Crippen molar-refractivity contribution in [2.75, 3.05) is 12.4 Å². The van der Waals surface area contributed by atoms with Crippen molar-refractivity contribution in [1.29, 1.82) is 0 Å². The Kier molecular flexibility index (Phi) is 4.39. The number of hydrogen-bond donors (Lipinski definition) is 2. The average Bonchev–Trinajstić information content (AvgIpc) is 2.21. The molecule has 0 heterocycles. The van der Waals surface area contributed by atoms with Crippen LogP contribution in [0.3, 0.4) is 0 Å². The summed E-state index contributed by atoms with van der Waals surface area (Å²) in [4.78, 5) is 11.3. The molecule has 17 heavy (non-hydrogen) atoms. The lowest BCUT2D eigenvalue weighted by atomic mass is 10.2. The molecular weight excluding hydrogens is 230 g/mol. The molecule has 0 aromatic heterocycles. The highest BCUT2D eigenvalue weighted by Crippen LogP contribution is 2.24. The molecule has 1 unspecified atom stereocenters. The topological polar surface area (TPSA) is 64.3 Å². The minimum absolute atomic E-state index is 0.0348. The van der Waals surface area contributed by atoms with E-state index >= 15 is 0 Å². The minimum Gasteiger partial charge on any atom is -0.494 e. The van der Waals surface area contributed by atoms with E-state index < -0.39 is 17.5 Å². The van der Waals surface area contributed by atoms with Crippen LogP contribution in [-0.2, 0) is 4.79 Å². The number of anilines is 1. The van der Waals surface area contributed by atoms with Gasteiger partial charge in [0, 0.05) is 24.6 Å². The lowest BCUT2D eigenvalue weighted by Gasteiger charge is -2.10.